The largest absolute Gasteiger partial charge is 0.370 e. The highest BCUT2D eigenvalue weighted by molar-refractivity contribution is 6.34. The van der Waals surface area contributed by atoms with Gasteiger partial charge in [-0.05, 0) is 47.7 Å². The first kappa shape index (κ1) is 40.4. The molecule has 0 saturated heterocycles. The minimum Gasteiger partial charge on any atom is -0.370 e. The van der Waals surface area contributed by atoms with Gasteiger partial charge < -0.3 is 49.2 Å². The Morgan fingerprint density at radius 2 is 1.20 bits per heavy atom. The van der Waals surface area contributed by atoms with Gasteiger partial charge in [0.2, 0.25) is 23.6 Å². The van der Waals surface area contributed by atoms with Crippen molar-refractivity contribution in [2.45, 2.75) is 56.3 Å². The third-order valence-corrected chi connectivity index (χ3v) is 8.70. The van der Waals surface area contributed by atoms with E-state index in [1.165, 1.54) is 0 Å². The van der Waals surface area contributed by atoms with Gasteiger partial charge in [0.15, 0.2) is 5.96 Å². The number of nitrogens with one attached hydrogen (secondary N) is 5. The van der Waals surface area contributed by atoms with Crippen LogP contribution in [-0.2, 0) is 48.0 Å². The fourth-order valence-corrected chi connectivity index (χ4v) is 5.81. The summed E-state index contributed by atoms with van der Waals surface area (Å²) >= 11 is 6.01. The van der Waals surface area contributed by atoms with Gasteiger partial charge in [-0.15, -0.1) is 0 Å². The molecule has 0 bridgehead atoms. The third kappa shape index (κ3) is 12.1. The molecule has 0 aliphatic rings. The van der Waals surface area contributed by atoms with Gasteiger partial charge in [0.25, 0.3) is 0 Å². The Kier molecular flexibility index (Phi) is 14.5. The van der Waals surface area contributed by atoms with E-state index in [-0.39, 0.29) is 44.6 Å². The SMILES string of the molecule is NC(=O)C(=O)N[C@@H](Cc1ccc(Cl)cc1)C(=O)N[C@@H](Cc1ccccc1)C(=O)N[C@@H](CCCN=C(N)N)C(=O)N[C@@H](Cc1c[nH]c2ccccc12)C(N)=O. The Morgan fingerprint density at radius 1 is 0.648 bits per heavy atom. The molecule has 0 saturated carbocycles. The predicted octanol–water partition coefficient (Wildman–Crippen LogP) is -0.187. The number of primary amides is 2. The van der Waals surface area contributed by atoms with Crippen LogP contribution >= 0.6 is 11.6 Å². The summed E-state index contributed by atoms with van der Waals surface area (Å²) in [5.74, 6) is -5.74. The number of hydrogen-bond donors (Lipinski definition) is 9. The zero-order valence-electron chi connectivity index (χ0n) is 29.2. The second-order valence-corrected chi connectivity index (χ2v) is 12.9. The topological polar surface area (TPSA) is 283 Å². The van der Waals surface area contributed by atoms with Crippen LogP contribution in [0.4, 0.5) is 0 Å². The second-order valence-electron chi connectivity index (χ2n) is 12.5. The van der Waals surface area contributed by atoms with Crippen LogP contribution < -0.4 is 44.2 Å². The number of para-hydroxylation sites is 1. The second kappa shape index (κ2) is 19.4. The highest BCUT2D eigenvalue weighted by Gasteiger charge is 2.32. The number of carbonyl (C=O) groups is 6. The Morgan fingerprint density at radius 3 is 1.83 bits per heavy atom. The van der Waals surface area contributed by atoms with E-state index in [4.69, 9.17) is 34.5 Å². The number of aliphatic imine (C=N–C) groups is 1. The Hall–Kier alpha value is -6.42. The number of fused-ring (bicyclic) bond motifs is 1. The Labute approximate surface area is 315 Å². The molecular weight excluding hydrogens is 716 g/mol. The lowest BCUT2D eigenvalue weighted by Gasteiger charge is -2.26. The quantitative estimate of drug-likeness (QED) is 0.0283. The molecule has 284 valence electrons. The van der Waals surface area contributed by atoms with Gasteiger partial charge in [-0.1, -0.05) is 72.3 Å². The number of H-pyrrole nitrogens is 1. The number of guanidine groups is 1. The van der Waals surface area contributed by atoms with Crippen molar-refractivity contribution in [2.75, 3.05) is 6.54 Å². The van der Waals surface area contributed by atoms with Crippen LogP contribution in [0.2, 0.25) is 5.02 Å². The summed E-state index contributed by atoms with van der Waals surface area (Å²) in [7, 11) is 0. The minimum absolute atomic E-state index is 0.0251. The molecule has 0 spiro atoms. The van der Waals surface area contributed by atoms with Gasteiger partial charge in [-0.2, -0.15) is 0 Å². The monoisotopic (exact) mass is 758 g/mol. The van der Waals surface area contributed by atoms with Gasteiger partial charge in [-0.3, -0.25) is 33.8 Å². The summed E-state index contributed by atoms with van der Waals surface area (Å²) in [5, 5.41) is 11.7. The van der Waals surface area contributed by atoms with Crippen LogP contribution in [0.1, 0.15) is 29.5 Å². The molecule has 0 aliphatic heterocycles. The van der Waals surface area contributed by atoms with Crippen molar-refractivity contribution in [3.05, 3.63) is 107 Å². The summed E-state index contributed by atoms with van der Waals surface area (Å²) in [6.45, 7) is 0.132. The van der Waals surface area contributed by atoms with Crippen LogP contribution in [0.15, 0.2) is 90.1 Å². The Bertz CT molecular complexity index is 1980. The maximum atomic E-state index is 14.1. The van der Waals surface area contributed by atoms with Crippen LogP contribution in [0.3, 0.4) is 0 Å². The molecule has 0 fully saturated rings. The number of nitrogens with zero attached hydrogens (tertiary/aromatic N) is 1. The van der Waals surface area contributed by atoms with E-state index in [0.29, 0.717) is 16.1 Å². The molecule has 4 aromatic rings. The highest BCUT2D eigenvalue weighted by Crippen LogP contribution is 2.19. The minimum atomic E-state index is -1.34. The number of halogens is 1. The summed E-state index contributed by atoms with van der Waals surface area (Å²) in [4.78, 5) is 85.3. The van der Waals surface area contributed by atoms with Gasteiger partial charge in [0, 0.05) is 47.9 Å². The van der Waals surface area contributed by atoms with Crippen LogP contribution in [-0.4, -0.2) is 77.1 Å². The van der Waals surface area contributed by atoms with Crippen molar-refractivity contribution in [1.82, 2.24) is 26.3 Å². The maximum absolute atomic E-state index is 14.1. The molecule has 0 radical (unpaired) electrons. The summed E-state index contributed by atoms with van der Waals surface area (Å²) in [5.41, 5.74) is 24.6. The van der Waals surface area contributed by atoms with E-state index < -0.39 is 59.6 Å². The molecule has 13 N–H and O–H groups in total. The molecule has 0 aliphatic carbocycles. The van der Waals surface area contributed by atoms with Gasteiger partial charge in [0.05, 0.1) is 0 Å². The molecule has 6 amide bonds. The number of carbonyl (C=O) groups excluding carboxylic acids is 6. The molecule has 4 rings (SSSR count). The predicted molar refractivity (Wildman–Crippen MR) is 203 cm³/mol. The summed E-state index contributed by atoms with van der Waals surface area (Å²) in [6, 6.07) is 17.7. The molecule has 0 unspecified atom stereocenters. The number of nitrogens with two attached hydrogens (primary N) is 4. The average Bonchev–Trinajstić information content (AvgIpc) is 3.55. The highest BCUT2D eigenvalue weighted by atomic mass is 35.5. The number of benzene rings is 3. The molecule has 1 aromatic heterocycles. The first-order chi connectivity index (χ1) is 25.8. The van der Waals surface area contributed by atoms with E-state index in [1.807, 2.05) is 24.3 Å². The summed E-state index contributed by atoms with van der Waals surface area (Å²) in [6.07, 6.45) is 1.97. The van der Waals surface area contributed by atoms with E-state index in [1.54, 1.807) is 60.8 Å². The Balaban J connectivity index is 1.58. The average molecular weight is 759 g/mol. The zero-order chi connectivity index (χ0) is 39.2. The van der Waals surface area contributed by atoms with Crippen LogP contribution in [0, 0.1) is 0 Å². The fraction of sp³-hybridized carbons (Fsp3) is 0.270. The number of rotatable bonds is 18. The molecule has 3 aromatic carbocycles. The van der Waals surface area contributed by atoms with Gasteiger partial charge in [0.1, 0.15) is 24.2 Å². The molecule has 17 heteroatoms. The maximum Gasteiger partial charge on any atom is 0.309 e. The third-order valence-electron chi connectivity index (χ3n) is 8.45. The fourth-order valence-electron chi connectivity index (χ4n) is 5.69. The molecule has 1 heterocycles. The van der Waals surface area contributed by atoms with Gasteiger partial charge in [-0.25, -0.2) is 0 Å². The van der Waals surface area contributed by atoms with Crippen molar-refractivity contribution in [3.8, 4) is 0 Å². The van der Waals surface area contributed by atoms with E-state index in [9.17, 15) is 28.8 Å². The molecule has 54 heavy (non-hydrogen) atoms. The van der Waals surface area contributed by atoms with E-state index in [2.05, 4.69) is 31.2 Å². The normalized spacial score (nSPS) is 13.1. The lowest BCUT2D eigenvalue weighted by molar-refractivity contribution is -0.139. The van der Waals surface area contributed by atoms with Crippen LogP contribution in [0.25, 0.3) is 10.9 Å². The lowest BCUT2D eigenvalue weighted by atomic mass is 10.0. The van der Waals surface area contributed by atoms with Crippen molar-refractivity contribution >= 4 is 63.9 Å². The van der Waals surface area contributed by atoms with Gasteiger partial charge >= 0.3 is 11.8 Å². The standard InChI is InChI=1S/C37H43ClN10O6/c38-24-14-12-22(13-15-24)18-30(48-36(54)32(40)50)35(53)47-29(17-21-7-2-1-3-8-21)34(52)45-27(11-6-16-43-37(41)42)33(51)46-28(31(39)49)19-23-20-44-26-10-5-4-9-25(23)26/h1-5,7-10,12-15,20,27-30,44H,6,11,16-19H2,(H2,39,49)(H2,40,50)(H,45,52)(H,46,51)(H,47,53)(H,48,54)(H4,41,42,43)/t27-,28-,29-,30-/m0/s1. The number of amides is 6. The number of aromatic nitrogens is 1. The molecular formula is C37H43ClN10O6. The smallest absolute Gasteiger partial charge is 0.309 e. The first-order valence-corrected chi connectivity index (χ1v) is 17.4. The number of hydrogen-bond acceptors (Lipinski definition) is 7. The number of aromatic amines is 1. The molecule has 16 nitrogen and oxygen atoms in total. The molecule has 4 atom stereocenters. The van der Waals surface area contributed by atoms with Crippen LogP contribution in [0.5, 0.6) is 0 Å². The lowest BCUT2D eigenvalue weighted by Crippen LogP contribution is -2.59. The first-order valence-electron chi connectivity index (χ1n) is 17.0. The van der Waals surface area contributed by atoms with Crippen molar-refractivity contribution in [3.63, 3.8) is 0 Å². The van der Waals surface area contributed by atoms with Crippen molar-refractivity contribution in [1.29, 1.82) is 0 Å². The van der Waals surface area contributed by atoms with Crippen molar-refractivity contribution in [2.24, 2.45) is 27.9 Å². The zero-order valence-corrected chi connectivity index (χ0v) is 30.0. The van der Waals surface area contributed by atoms with E-state index >= 15 is 0 Å². The van der Waals surface area contributed by atoms with E-state index in [0.717, 1.165) is 16.5 Å². The van der Waals surface area contributed by atoms with Crippen molar-refractivity contribution < 1.29 is 28.8 Å². The summed E-state index contributed by atoms with van der Waals surface area (Å²) < 4.78 is 0.